The van der Waals surface area contributed by atoms with Crippen LogP contribution in [0.3, 0.4) is 0 Å². The van der Waals surface area contributed by atoms with Crippen molar-refractivity contribution in [1.29, 1.82) is 0 Å². The fourth-order valence-corrected chi connectivity index (χ4v) is 2.23. The van der Waals surface area contributed by atoms with Crippen molar-refractivity contribution < 1.29 is 19.0 Å². The molecule has 2 rings (SSSR count). The lowest BCUT2D eigenvalue weighted by atomic mass is 10.1. The Hall–Kier alpha value is -1.88. The van der Waals surface area contributed by atoms with Crippen LogP contribution in [0.2, 0.25) is 0 Å². The number of aliphatic hydroxyl groups excluding tert-OH is 1. The molecule has 0 amide bonds. The van der Waals surface area contributed by atoms with Gasteiger partial charge in [0.2, 0.25) is 0 Å². The Kier molecular flexibility index (Phi) is 3.56. The molecule has 1 aromatic heterocycles. The number of rotatable bonds is 1. The normalized spacial score (nSPS) is 11.9. The molecule has 108 valence electrons. The first kappa shape index (κ1) is 14.5. The Morgan fingerprint density at radius 3 is 2.60 bits per heavy atom. The summed E-state index contributed by atoms with van der Waals surface area (Å²) < 4.78 is 20.5. The molecule has 0 fully saturated rings. The minimum Gasteiger partial charge on any atom is -0.443 e. The molecule has 0 aliphatic heterocycles. The number of hydrogen-bond acceptors (Lipinski definition) is 3. The van der Waals surface area contributed by atoms with E-state index in [1.165, 1.54) is 16.7 Å². The summed E-state index contributed by atoms with van der Waals surface area (Å²) in [6, 6.07) is 4.49. The molecule has 0 unspecified atom stereocenters. The predicted octanol–water partition coefficient (Wildman–Crippen LogP) is 3.36. The molecule has 0 saturated heterocycles. The third-order valence-corrected chi connectivity index (χ3v) is 3.04. The number of aliphatic hydroxyl groups is 1. The van der Waals surface area contributed by atoms with E-state index in [0.29, 0.717) is 22.2 Å². The van der Waals surface area contributed by atoms with E-state index in [-0.39, 0.29) is 6.61 Å². The van der Waals surface area contributed by atoms with Crippen molar-refractivity contribution in [2.24, 2.45) is 0 Å². The van der Waals surface area contributed by atoms with Gasteiger partial charge in [0, 0.05) is 5.39 Å². The molecule has 0 aliphatic rings. The fraction of sp³-hybridized carbons (Fsp3) is 0.400. The van der Waals surface area contributed by atoms with Crippen LogP contribution in [0.4, 0.5) is 9.18 Å². The minimum absolute atomic E-state index is 0.336. The zero-order valence-corrected chi connectivity index (χ0v) is 12.0. The topological polar surface area (TPSA) is 51.5 Å². The molecule has 0 bridgehead atoms. The number of ether oxygens (including phenoxy) is 1. The zero-order valence-electron chi connectivity index (χ0n) is 12.0. The highest BCUT2D eigenvalue weighted by Crippen LogP contribution is 2.29. The van der Waals surface area contributed by atoms with Gasteiger partial charge in [-0.1, -0.05) is 6.07 Å². The monoisotopic (exact) mass is 279 g/mol. The van der Waals surface area contributed by atoms with Crippen molar-refractivity contribution in [3.8, 4) is 0 Å². The van der Waals surface area contributed by atoms with Crippen molar-refractivity contribution in [3.63, 3.8) is 0 Å². The molecule has 0 radical (unpaired) electrons. The molecule has 4 nitrogen and oxygen atoms in total. The molecule has 1 heterocycles. The molecular formula is C15H18FNO3. The molecule has 20 heavy (non-hydrogen) atoms. The van der Waals surface area contributed by atoms with Crippen LogP contribution < -0.4 is 0 Å². The minimum atomic E-state index is -0.665. The van der Waals surface area contributed by atoms with Gasteiger partial charge in [0.05, 0.1) is 17.8 Å². The van der Waals surface area contributed by atoms with Gasteiger partial charge in [-0.2, -0.15) is 0 Å². The number of fused-ring (bicyclic) bond motifs is 1. The number of nitrogens with zero attached hydrogens (tertiary/aromatic N) is 1. The maximum Gasteiger partial charge on any atom is 0.419 e. The van der Waals surface area contributed by atoms with Crippen LogP contribution in [-0.2, 0) is 11.3 Å². The quantitative estimate of drug-likeness (QED) is 0.870. The van der Waals surface area contributed by atoms with E-state index >= 15 is 0 Å². The molecule has 2 aromatic rings. The molecule has 0 spiro atoms. The first-order valence-corrected chi connectivity index (χ1v) is 6.39. The number of aromatic nitrogens is 1. The van der Waals surface area contributed by atoms with E-state index in [4.69, 9.17) is 4.74 Å². The van der Waals surface area contributed by atoms with E-state index in [9.17, 15) is 14.3 Å². The summed E-state index contributed by atoms with van der Waals surface area (Å²) in [6.07, 6.45) is -0.620. The van der Waals surface area contributed by atoms with Crippen LogP contribution in [0, 0.1) is 12.7 Å². The van der Waals surface area contributed by atoms with Gasteiger partial charge in [0.15, 0.2) is 0 Å². The lowest BCUT2D eigenvalue weighted by molar-refractivity contribution is 0.0533. The Labute approximate surface area is 116 Å². The summed E-state index contributed by atoms with van der Waals surface area (Å²) >= 11 is 0. The van der Waals surface area contributed by atoms with Gasteiger partial charge < -0.3 is 9.84 Å². The summed E-state index contributed by atoms with van der Waals surface area (Å²) in [5.74, 6) is -0.419. The van der Waals surface area contributed by atoms with E-state index in [1.54, 1.807) is 33.8 Å². The Balaban J connectivity index is 2.69. The van der Waals surface area contributed by atoms with Crippen LogP contribution in [0.1, 0.15) is 32.0 Å². The largest absolute Gasteiger partial charge is 0.443 e. The highest BCUT2D eigenvalue weighted by atomic mass is 19.1. The van der Waals surface area contributed by atoms with Crippen LogP contribution in [0.5, 0.6) is 0 Å². The van der Waals surface area contributed by atoms with E-state index < -0.39 is 17.5 Å². The smallest absolute Gasteiger partial charge is 0.419 e. The van der Waals surface area contributed by atoms with Gasteiger partial charge in [0.25, 0.3) is 0 Å². The molecule has 1 N–H and O–H groups in total. The Morgan fingerprint density at radius 1 is 1.40 bits per heavy atom. The maximum atomic E-state index is 13.9. The fourth-order valence-electron chi connectivity index (χ4n) is 2.23. The molecule has 5 heteroatoms. The van der Waals surface area contributed by atoms with Crippen molar-refractivity contribution in [2.75, 3.05) is 0 Å². The number of benzene rings is 1. The third-order valence-electron chi connectivity index (χ3n) is 3.04. The Bertz CT molecular complexity index is 668. The van der Waals surface area contributed by atoms with Crippen molar-refractivity contribution in [2.45, 2.75) is 39.9 Å². The summed E-state index contributed by atoms with van der Waals surface area (Å²) in [4.78, 5) is 12.3. The van der Waals surface area contributed by atoms with Crippen molar-refractivity contribution >= 4 is 17.0 Å². The summed E-state index contributed by atoms with van der Waals surface area (Å²) in [6.45, 7) is 6.57. The van der Waals surface area contributed by atoms with Crippen LogP contribution in [0.15, 0.2) is 18.2 Å². The predicted molar refractivity (Wildman–Crippen MR) is 74.2 cm³/mol. The van der Waals surface area contributed by atoms with Gasteiger partial charge >= 0.3 is 6.09 Å². The number of halogens is 1. The van der Waals surface area contributed by atoms with E-state index in [0.717, 1.165) is 0 Å². The molecule has 1 aromatic carbocycles. The van der Waals surface area contributed by atoms with Gasteiger partial charge in [-0.25, -0.2) is 13.8 Å². The second-order valence-electron chi connectivity index (χ2n) is 5.68. The molecule has 0 aliphatic carbocycles. The highest BCUT2D eigenvalue weighted by molar-refractivity contribution is 5.93. The van der Waals surface area contributed by atoms with Crippen LogP contribution in [0.25, 0.3) is 10.9 Å². The first-order chi connectivity index (χ1) is 9.26. The van der Waals surface area contributed by atoms with E-state index in [2.05, 4.69) is 0 Å². The number of hydrogen-bond donors (Lipinski definition) is 1. The second kappa shape index (κ2) is 4.90. The molecule has 0 atom stereocenters. The van der Waals surface area contributed by atoms with E-state index in [1.807, 2.05) is 0 Å². The Morgan fingerprint density at radius 2 is 2.05 bits per heavy atom. The average molecular weight is 279 g/mol. The number of carbonyl (C=O) groups is 1. The zero-order chi connectivity index (χ0) is 15.1. The standard InChI is InChI=1S/C15H18FNO3/c1-9-12(8-18)17(14(19)20-15(2,3)4)11-7-5-6-10(16)13(9)11/h5-7,18H,8H2,1-4H3. The summed E-state index contributed by atoms with van der Waals surface area (Å²) in [5, 5.41) is 9.82. The summed E-state index contributed by atoms with van der Waals surface area (Å²) in [5.41, 5.74) is 0.633. The molecule has 0 saturated carbocycles. The maximum absolute atomic E-state index is 13.9. The van der Waals surface area contributed by atoms with Gasteiger partial charge in [-0.15, -0.1) is 0 Å². The lowest BCUT2D eigenvalue weighted by Crippen LogP contribution is -2.28. The van der Waals surface area contributed by atoms with Gasteiger partial charge in [-0.3, -0.25) is 0 Å². The third kappa shape index (κ3) is 2.41. The second-order valence-corrected chi connectivity index (χ2v) is 5.68. The number of aryl methyl sites for hydroxylation is 1. The molecular weight excluding hydrogens is 261 g/mol. The van der Waals surface area contributed by atoms with Gasteiger partial charge in [0.1, 0.15) is 11.4 Å². The van der Waals surface area contributed by atoms with Gasteiger partial charge in [-0.05, 0) is 45.4 Å². The first-order valence-electron chi connectivity index (χ1n) is 6.39. The lowest BCUT2D eigenvalue weighted by Gasteiger charge is -2.20. The average Bonchev–Trinajstić information content (AvgIpc) is 2.61. The van der Waals surface area contributed by atoms with Crippen LogP contribution in [-0.4, -0.2) is 21.4 Å². The van der Waals surface area contributed by atoms with Crippen molar-refractivity contribution in [3.05, 3.63) is 35.3 Å². The summed E-state index contributed by atoms with van der Waals surface area (Å²) in [7, 11) is 0. The SMILES string of the molecule is Cc1c(CO)n(C(=O)OC(C)(C)C)c2cccc(F)c12. The van der Waals surface area contributed by atoms with Crippen LogP contribution >= 0.6 is 0 Å². The van der Waals surface area contributed by atoms with Crippen molar-refractivity contribution in [1.82, 2.24) is 4.57 Å². The highest BCUT2D eigenvalue weighted by Gasteiger charge is 2.24. The number of carbonyl (C=O) groups excluding carboxylic acids is 1.